The number of hydrogen-bond donors (Lipinski definition) is 1. The van der Waals surface area contributed by atoms with E-state index in [1.165, 1.54) is 17.0 Å². The van der Waals surface area contributed by atoms with E-state index in [1.807, 2.05) is 0 Å². The molecule has 102 valence electrons. The molecular weight excluding hydrogens is 318 g/mol. The molecule has 1 N–H and O–H groups in total. The molecule has 0 aliphatic heterocycles. The van der Waals surface area contributed by atoms with Gasteiger partial charge in [-0.25, -0.2) is 8.42 Å². The largest absolute Gasteiger partial charge is 0.413 e. The lowest BCUT2D eigenvalue weighted by Gasteiger charge is -2.10. The summed E-state index contributed by atoms with van der Waals surface area (Å²) >= 11 is 11.2. The molecule has 1 aromatic carbocycles. The van der Waals surface area contributed by atoms with Crippen LogP contribution in [0, 0.1) is 0 Å². The topological polar surface area (TPSA) is 55.4 Å². The SMILES string of the molecule is O=S(=O)(NOCC(F)(F)F)c1cc(Cl)ccc1Cl. The lowest BCUT2D eigenvalue weighted by molar-refractivity contribution is -0.181. The van der Waals surface area contributed by atoms with Crippen LogP contribution < -0.4 is 4.89 Å². The second-order valence-electron chi connectivity index (χ2n) is 3.07. The Morgan fingerprint density at radius 3 is 2.44 bits per heavy atom. The van der Waals surface area contributed by atoms with Crippen molar-refractivity contribution in [3.05, 3.63) is 28.2 Å². The van der Waals surface area contributed by atoms with Crippen molar-refractivity contribution >= 4 is 33.2 Å². The molecule has 0 atom stereocenters. The molecule has 0 bridgehead atoms. The molecule has 0 saturated heterocycles. The summed E-state index contributed by atoms with van der Waals surface area (Å²) in [6.45, 7) is -1.76. The standard InChI is InChI=1S/C8H6Cl2F3NO3S/c9-5-1-2-6(10)7(3-5)18(15,16)14-17-4-8(11,12)13/h1-3,14H,4H2. The first-order valence-electron chi connectivity index (χ1n) is 4.27. The molecule has 0 spiro atoms. The normalized spacial score (nSPS) is 12.7. The van der Waals surface area contributed by atoms with Crippen LogP contribution in [-0.4, -0.2) is 21.2 Å². The summed E-state index contributed by atoms with van der Waals surface area (Å²) < 4.78 is 58.4. The molecule has 0 saturated carbocycles. The van der Waals surface area contributed by atoms with E-state index in [0.29, 0.717) is 0 Å². The zero-order valence-electron chi connectivity index (χ0n) is 8.46. The third-order valence-corrected chi connectivity index (χ3v) is 3.52. The van der Waals surface area contributed by atoms with Gasteiger partial charge in [0.05, 0.1) is 5.02 Å². The zero-order valence-corrected chi connectivity index (χ0v) is 10.8. The molecular formula is C8H6Cl2F3NO3S. The predicted molar refractivity (Wildman–Crippen MR) is 58.8 cm³/mol. The summed E-state index contributed by atoms with van der Waals surface area (Å²) in [5.74, 6) is 0. The smallest absolute Gasteiger partial charge is 0.277 e. The molecule has 0 aliphatic carbocycles. The van der Waals surface area contributed by atoms with Crippen LogP contribution in [0.3, 0.4) is 0 Å². The average Bonchev–Trinajstić information content (AvgIpc) is 2.19. The van der Waals surface area contributed by atoms with Gasteiger partial charge in [0, 0.05) is 5.02 Å². The lowest BCUT2D eigenvalue weighted by atomic mass is 10.4. The monoisotopic (exact) mass is 323 g/mol. The quantitative estimate of drug-likeness (QED) is 0.867. The van der Waals surface area contributed by atoms with Crippen molar-refractivity contribution in [1.82, 2.24) is 4.89 Å². The second-order valence-corrected chi connectivity index (χ2v) is 5.52. The van der Waals surface area contributed by atoms with E-state index in [1.54, 1.807) is 0 Å². The van der Waals surface area contributed by atoms with E-state index in [9.17, 15) is 21.6 Å². The first-order valence-corrected chi connectivity index (χ1v) is 6.51. The molecule has 18 heavy (non-hydrogen) atoms. The van der Waals surface area contributed by atoms with Crippen molar-refractivity contribution in [3.63, 3.8) is 0 Å². The molecule has 0 radical (unpaired) electrons. The van der Waals surface area contributed by atoms with E-state index < -0.39 is 27.7 Å². The van der Waals surface area contributed by atoms with Crippen LogP contribution in [-0.2, 0) is 14.9 Å². The Bertz CT molecular complexity index is 533. The Labute approximate surface area is 111 Å². The Hall–Kier alpha value is -0.540. The summed E-state index contributed by atoms with van der Waals surface area (Å²) in [5.41, 5.74) is 0. The number of halogens is 5. The molecule has 0 aliphatic rings. The Morgan fingerprint density at radius 1 is 1.28 bits per heavy atom. The minimum Gasteiger partial charge on any atom is -0.277 e. The minimum atomic E-state index is -4.65. The average molecular weight is 324 g/mol. The van der Waals surface area contributed by atoms with Gasteiger partial charge in [0.25, 0.3) is 10.0 Å². The molecule has 1 aromatic rings. The summed E-state index contributed by atoms with van der Waals surface area (Å²) in [6, 6.07) is 3.52. The van der Waals surface area contributed by atoms with Gasteiger partial charge in [-0.2, -0.15) is 13.2 Å². The van der Waals surface area contributed by atoms with Crippen molar-refractivity contribution in [2.75, 3.05) is 6.61 Å². The van der Waals surface area contributed by atoms with E-state index >= 15 is 0 Å². The molecule has 0 heterocycles. The fourth-order valence-corrected chi connectivity index (χ4v) is 2.49. The highest BCUT2D eigenvalue weighted by atomic mass is 35.5. The molecule has 1 rings (SSSR count). The first kappa shape index (κ1) is 15.5. The van der Waals surface area contributed by atoms with Crippen LogP contribution in [0.5, 0.6) is 0 Å². The van der Waals surface area contributed by atoms with Gasteiger partial charge in [-0.05, 0) is 18.2 Å². The molecule has 10 heteroatoms. The molecule has 0 amide bonds. The van der Waals surface area contributed by atoms with Crippen LogP contribution in [0.4, 0.5) is 13.2 Å². The first-order chi connectivity index (χ1) is 8.12. The third-order valence-electron chi connectivity index (χ3n) is 1.59. The second kappa shape index (κ2) is 5.62. The van der Waals surface area contributed by atoms with Gasteiger partial charge in [0.1, 0.15) is 4.90 Å². The van der Waals surface area contributed by atoms with Crippen LogP contribution in [0.1, 0.15) is 0 Å². The number of sulfonamides is 1. The van der Waals surface area contributed by atoms with E-state index in [0.717, 1.165) is 6.07 Å². The maximum atomic E-state index is 11.8. The van der Waals surface area contributed by atoms with Crippen LogP contribution >= 0.6 is 23.2 Å². The van der Waals surface area contributed by atoms with Crippen molar-refractivity contribution in [2.45, 2.75) is 11.1 Å². The maximum Gasteiger partial charge on any atom is 0.413 e. The Balaban J connectivity index is 2.84. The Morgan fingerprint density at radius 2 is 1.89 bits per heavy atom. The van der Waals surface area contributed by atoms with Crippen molar-refractivity contribution in [3.8, 4) is 0 Å². The van der Waals surface area contributed by atoms with E-state index in [2.05, 4.69) is 4.84 Å². The van der Waals surface area contributed by atoms with Crippen molar-refractivity contribution in [1.29, 1.82) is 0 Å². The third kappa shape index (κ3) is 4.62. The molecule has 0 fully saturated rings. The van der Waals surface area contributed by atoms with Gasteiger partial charge in [-0.15, -0.1) is 0 Å². The van der Waals surface area contributed by atoms with E-state index in [-0.39, 0.29) is 10.0 Å². The molecule has 0 unspecified atom stereocenters. The number of benzene rings is 1. The maximum absolute atomic E-state index is 11.8. The highest BCUT2D eigenvalue weighted by Crippen LogP contribution is 2.25. The summed E-state index contributed by atoms with van der Waals surface area (Å²) in [4.78, 5) is 4.68. The number of rotatable bonds is 4. The summed E-state index contributed by atoms with van der Waals surface area (Å²) in [6.07, 6.45) is -4.65. The van der Waals surface area contributed by atoms with Gasteiger partial charge in [0.2, 0.25) is 0 Å². The van der Waals surface area contributed by atoms with Crippen LogP contribution in [0.2, 0.25) is 10.0 Å². The van der Waals surface area contributed by atoms with Gasteiger partial charge in [0.15, 0.2) is 6.61 Å². The van der Waals surface area contributed by atoms with Gasteiger partial charge >= 0.3 is 6.18 Å². The lowest BCUT2D eigenvalue weighted by Crippen LogP contribution is -2.29. The fourth-order valence-electron chi connectivity index (χ4n) is 0.917. The number of hydrogen-bond acceptors (Lipinski definition) is 3. The molecule has 4 nitrogen and oxygen atoms in total. The number of nitrogens with one attached hydrogen (secondary N) is 1. The summed E-state index contributed by atoms with van der Waals surface area (Å²) in [5, 5.41) is -0.127. The fraction of sp³-hybridized carbons (Fsp3) is 0.250. The Kier molecular flexibility index (Phi) is 4.84. The van der Waals surface area contributed by atoms with Crippen molar-refractivity contribution < 1.29 is 26.4 Å². The zero-order chi connectivity index (χ0) is 14.0. The van der Waals surface area contributed by atoms with Gasteiger partial charge < -0.3 is 0 Å². The van der Waals surface area contributed by atoms with E-state index in [4.69, 9.17) is 23.2 Å². The van der Waals surface area contributed by atoms with Crippen molar-refractivity contribution in [2.24, 2.45) is 0 Å². The van der Waals surface area contributed by atoms with Gasteiger partial charge in [-0.3, -0.25) is 4.84 Å². The van der Waals surface area contributed by atoms with Crippen LogP contribution in [0.15, 0.2) is 23.1 Å². The highest BCUT2D eigenvalue weighted by molar-refractivity contribution is 7.89. The molecule has 0 aromatic heterocycles. The predicted octanol–water partition coefficient (Wildman–Crippen LogP) is 2.77. The number of alkyl halides is 3. The minimum absolute atomic E-state index is 0.0654. The van der Waals surface area contributed by atoms with Gasteiger partial charge in [-0.1, -0.05) is 28.1 Å². The van der Waals surface area contributed by atoms with Crippen LogP contribution in [0.25, 0.3) is 0 Å². The summed E-state index contributed by atoms with van der Waals surface area (Å²) in [7, 11) is -4.32. The highest BCUT2D eigenvalue weighted by Gasteiger charge is 2.29.